The van der Waals surface area contributed by atoms with Gasteiger partial charge in [0, 0.05) is 0 Å². The third-order valence-corrected chi connectivity index (χ3v) is 9.55. The molecule has 0 N–H and O–H groups in total. The van der Waals surface area contributed by atoms with Gasteiger partial charge in [0.05, 0.1) is 30.2 Å². The highest BCUT2D eigenvalue weighted by molar-refractivity contribution is 5.42. The Morgan fingerprint density at radius 2 is 0.657 bits per heavy atom. The Labute approximate surface area is 211 Å². The Kier molecular flexibility index (Phi) is 10.5. The van der Waals surface area contributed by atoms with Gasteiger partial charge >= 0.3 is 0 Å². The van der Waals surface area contributed by atoms with Crippen LogP contribution in [0.2, 0.25) is 0 Å². The van der Waals surface area contributed by atoms with Crippen molar-refractivity contribution >= 4 is 18.2 Å². The molecule has 4 rings (SSSR count). The second-order valence-corrected chi connectivity index (χ2v) is 12.0. The van der Waals surface area contributed by atoms with E-state index in [1.165, 1.54) is 89.9 Å². The highest BCUT2D eigenvalue weighted by Crippen LogP contribution is 2.38. The first-order valence-electron chi connectivity index (χ1n) is 14.5. The van der Waals surface area contributed by atoms with Crippen LogP contribution >= 0.6 is 0 Å². The monoisotopic (exact) mass is 480 g/mol. The lowest BCUT2D eigenvalue weighted by Crippen LogP contribution is -2.23. The average Bonchev–Trinajstić information content (AvgIpc) is 2.89. The van der Waals surface area contributed by atoms with E-state index in [1.807, 2.05) is 0 Å². The lowest BCUT2D eigenvalue weighted by atomic mass is 9.76. The first kappa shape index (κ1) is 26.2. The summed E-state index contributed by atoms with van der Waals surface area (Å²) < 4.78 is 0. The molecule has 0 aromatic rings. The summed E-state index contributed by atoms with van der Waals surface area (Å²) in [6.45, 7) is 0. The van der Waals surface area contributed by atoms with E-state index in [2.05, 4.69) is 16.0 Å². The molecule has 0 atom stereocenters. The van der Waals surface area contributed by atoms with Gasteiger partial charge in [-0.15, -0.1) is 0 Å². The largest absolute Gasteiger partial charge is 0.235 e. The molecule has 0 spiro atoms. The Hall–Kier alpha value is -1.86. The van der Waals surface area contributed by atoms with E-state index >= 15 is 0 Å². The zero-order chi connectivity index (χ0) is 24.3. The van der Waals surface area contributed by atoms with E-state index in [0.29, 0.717) is 12.1 Å². The van der Waals surface area contributed by atoms with Crippen LogP contribution in [0.15, 0.2) is 20.0 Å². The second kappa shape index (κ2) is 14.0. The van der Waals surface area contributed by atoms with Gasteiger partial charge in [0.2, 0.25) is 12.2 Å². The van der Waals surface area contributed by atoms with E-state index in [9.17, 15) is 9.59 Å². The van der Waals surface area contributed by atoms with Gasteiger partial charge in [-0.1, -0.05) is 0 Å². The second-order valence-electron chi connectivity index (χ2n) is 12.0. The first-order chi connectivity index (χ1) is 17.2. The van der Waals surface area contributed by atoms with Crippen LogP contribution < -0.4 is 0 Å². The molecule has 0 aromatic heterocycles. The fourth-order valence-electron chi connectivity index (χ4n) is 7.33. The highest BCUT2D eigenvalue weighted by atomic mass is 16.1. The third kappa shape index (κ3) is 8.64. The molecule has 4 fully saturated rings. The third-order valence-electron chi connectivity index (χ3n) is 9.55. The van der Waals surface area contributed by atoms with Gasteiger partial charge in [0.25, 0.3) is 0 Å². The molecular formula is C29H44N4O2. The highest BCUT2D eigenvalue weighted by Gasteiger charge is 2.28. The van der Waals surface area contributed by atoms with E-state index in [-0.39, 0.29) is 12.1 Å². The minimum absolute atomic E-state index is 0.235. The van der Waals surface area contributed by atoms with Crippen molar-refractivity contribution in [2.45, 2.75) is 140 Å². The van der Waals surface area contributed by atoms with Crippen molar-refractivity contribution in [1.82, 2.24) is 0 Å². The topological polar surface area (TPSA) is 83.6 Å². The molecule has 192 valence electrons. The zero-order valence-corrected chi connectivity index (χ0v) is 21.5. The first-order valence-corrected chi connectivity index (χ1v) is 14.5. The van der Waals surface area contributed by atoms with Crippen LogP contribution in [0.3, 0.4) is 0 Å². The Morgan fingerprint density at radius 3 is 0.914 bits per heavy atom. The van der Waals surface area contributed by atoms with Crippen LogP contribution in [0.4, 0.5) is 0 Å². The summed E-state index contributed by atoms with van der Waals surface area (Å²) in [5, 5.41) is 0. The molecule has 4 aliphatic rings. The molecule has 0 aromatic carbocycles. The van der Waals surface area contributed by atoms with Gasteiger partial charge < -0.3 is 0 Å². The summed E-state index contributed by atoms with van der Waals surface area (Å²) in [4.78, 5) is 38.2. The zero-order valence-electron chi connectivity index (χ0n) is 21.5. The Bertz CT molecular complexity index is 729. The predicted molar refractivity (Wildman–Crippen MR) is 138 cm³/mol. The van der Waals surface area contributed by atoms with E-state index in [4.69, 9.17) is 9.98 Å². The number of carbonyl (C=O) groups excluding carboxylic acids is 2. The standard InChI is InChI=1S/C29H44N4O2/c34-20-32-28-13-5-24(6-14-28)17-22-1-9-26(10-2-22)30-19-31-27-11-3-23(4-12-27)18-25-7-15-29(16-8-25)33-21-35/h22-29H,1-18H2. The smallest absolute Gasteiger partial charge is 0.222 e. The molecule has 0 bridgehead atoms. The SMILES string of the molecule is O=C=NC1CCC(CC2CCC(N=C=NC3CCC(CC4CCC(N=C=O)CC4)CC3)CC2)CC1. The van der Waals surface area contributed by atoms with Crippen LogP contribution in [0, 0.1) is 23.7 Å². The summed E-state index contributed by atoms with van der Waals surface area (Å²) in [7, 11) is 0. The van der Waals surface area contributed by atoms with Gasteiger partial charge in [0.1, 0.15) is 0 Å². The maximum absolute atomic E-state index is 10.4. The van der Waals surface area contributed by atoms with Gasteiger partial charge in [-0.2, -0.15) is 0 Å². The quantitative estimate of drug-likeness (QED) is 0.281. The maximum Gasteiger partial charge on any atom is 0.235 e. The van der Waals surface area contributed by atoms with Gasteiger partial charge in [-0.3, -0.25) is 0 Å². The summed E-state index contributed by atoms with van der Waals surface area (Å²) in [5.74, 6) is 3.33. The van der Waals surface area contributed by atoms with Gasteiger partial charge in [-0.05, 0) is 139 Å². The molecular weight excluding hydrogens is 436 g/mol. The van der Waals surface area contributed by atoms with E-state index < -0.39 is 0 Å². The van der Waals surface area contributed by atoms with Crippen molar-refractivity contribution in [2.75, 3.05) is 0 Å². The fraction of sp³-hybridized carbons (Fsp3) is 0.897. The van der Waals surface area contributed by atoms with Crippen LogP contribution in [-0.4, -0.2) is 42.3 Å². The fourth-order valence-corrected chi connectivity index (χ4v) is 7.33. The van der Waals surface area contributed by atoms with Crippen LogP contribution in [-0.2, 0) is 9.59 Å². The number of nitrogens with zero attached hydrogens (tertiary/aromatic N) is 4. The number of rotatable bonds is 8. The van der Waals surface area contributed by atoms with Crippen LogP contribution in [0.5, 0.6) is 0 Å². The minimum atomic E-state index is 0.235. The molecule has 4 aliphatic carbocycles. The van der Waals surface area contributed by atoms with Gasteiger partial charge in [0.15, 0.2) is 0 Å². The molecule has 35 heavy (non-hydrogen) atoms. The summed E-state index contributed by atoms with van der Waals surface area (Å²) in [5.41, 5.74) is 0. The van der Waals surface area contributed by atoms with Crippen molar-refractivity contribution < 1.29 is 9.59 Å². The number of isocyanates is 2. The van der Waals surface area contributed by atoms with E-state index in [1.54, 1.807) is 12.2 Å². The number of aliphatic imine (C=N–C) groups is 4. The van der Waals surface area contributed by atoms with Crippen molar-refractivity contribution in [2.24, 2.45) is 43.6 Å². The van der Waals surface area contributed by atoms with Crippen molar-refractivity contribution in [1.29, 1.82) is 0 Å². The number of hydrogen-bond donors (Lipinski definition) is 0. The molecule has 0 saturated heterocycles. The molecule has 6 heteroatoms. The van der Waals surface area contributed by atoms with E-state index in [0.717, 1.165) is 49.4 Å². The van der Waals surface area contributed by atoms with Crippen molar-refractivity contribution in [3.8, 4) is 0 Å². The molecule has 0 radical (unpaired) electrons. The molecule has 0 amide bonds. The van der Waals surface area contributed by atoms with Crippen molar-refractivity contribution in [3.63, 3.8) is 0 Å². The molecule has 0 unspecified atom stereocenters. The minimum Gasteiger partial charge on any atom is -0.222 e. The molecule has 0 aliphatic heterocycles. The lowest BCUT2D eigenvalue weighted by molar-refractivity contribution is 0.225. The average molecular weight is 481 g/mol. The summed E-state index contributed by atoms with van der Waals surface area (Å²) >= 11 is 0. The lowest BCUT2D eigenvalue weighted by Gasteiger charge is -2.32. The molecule has 4 saturated carbocycles. The predicted octanol–water partition coefficient (Wildman–Crippen LogP) is 6.85. The Balaban J connectivity index is 1.09. The van der Waals surface area contributed by atoms with Crippen LogP contribution in [0.1, 0.15) is 116 Å². The Morgan fingerprint density at radius 1 is 0.400 bits per heavy atom. The molecule has 0 heterocycles. The summed E-state index contributed by atoms with van der Waals surface area (Å²) in [6.07, 6.45) is 25.2. The van der Waals surface area contributed by atoms with Crippen molar-refractivity contribution in [3.05, 3.63) is 0 Å². The summed E-state index contributed by atoms with van der Waals surface area (Å²) in [6, 6.07) is 4.43. The normalized spacial score (nSPS) is 37.7. The molecule has 6 nitrogen and oxygen atoms in total. The maximum atomic E-state index is 10.4. The van der Waals surface area contributed by atoms with Gasteiger partial charge in [-0.25, -0.2) is 29.6 Å². The number of hydrogen-bond acceptors (Lipinski definition) is 6. The van der Waals surface area contributed by atoms with Crippen LogP contribution in [0.25, 0.3) is 0 Å².